The standard InChI is InChI=1S/C17H22N4OS/c1-12-15(23-16(19-12)13-5-4-8-18-11-13)17(22)21(3)14-6-9-20(2)10-7-14/h4-5,8,11,14H,6-7,9-10H2,1-3H3. The minimum absolute atomic E-state index is 0.0877. The summed E-state index contributed by atoms with van der Waals surface area (Å²) < 4.78 is 0. The number of carbonyl (C=O) groups is 1. The number of nitrogens with zero attached hydrogens (tertiary/aromatic N) is 4. The first-order valence-corrected chi connectivity index (χ1v) is 8.71. The molecule has 5 nitrogen and oxygen atoms in total. The molecule has 2 aromatic heterocycles. The fraction of sp³-hybridized carbons (Fsp3) is 0.471. The van der Waals surface area contributed by atoms with Gasteiger partial charge >= 0.3 is 0 Å². The van der Waals surface area contributed by atoms with Gasteiger partial charge in [0.05, 0.1) is 5.69 Å². The van der Waals surface area contributed by atoms with Crippen molar-refractivity contribution in [3.05, 3.63) is 35.1 Å². The molecule has 1 amide bonds. The number of aromatic nitrogens is 2. The Balaban J connectivity index is 1.78. The first-order chi connectivity index (χ1) is 11.1. The normalized spacial score (nSPS) is 16.5. The maximum absolute atomic E-state index is 12.9. The first-order valence-electron chi connectivity index (χ1n) is 7.90. The summed E-state index contributed by atoms with van der Waals surface area (Å²) in [6.07, 6.45) is 5.59. The van der Waals surface area contributed by atoms with Gasteiger partial charge in [-0.15, -0.1) is 11.3 Å². The van der Waals surface area contributed by atoms with Gasteiger partial charge in [0.15, 0.2) is 0 Å². The molecule has 2 aromatic rings. The Kier molecular flexibility index (Phi) is 4.73. The van der Waals surface area contributed by atoms with Gasteiger partial charge in [0, 0.05) is 31.0 Å². The summed E-state index contributed by atoms with van der Waals surface area (Å²) in [5.41, 5.74) is 1.76. The third-order valence-electron chi connectivity index (χ3n) is 4.46. The Morgan fingerprint density at radius 1 is 1.39 bits per heavy atom. The van der Waals surface area contributed by atoms with Gasteiger partial charge in [-0.2, -0.15) is 0 Å². The molecule has 0 atom stereocenters. The average molecular weight is 330 g/mol. The van der Waals surface area contributed by atoms with Crippen LogP contribution < -0.4 is 0 Å². The number of piperidine rings is 1. The van der Waals surface area contributed by atoms with Crippen molar-refractivity contribution in [3.63, 3.8) is 0 Å². The van der Waals surface area contributed by atoms with E-state index in [9.17, 15) is 4.79 Å². The van der Waals surface area contributed by atoms with Crippen LogP contribution in [0.5, 0.6) is 0 Å². The second-order valence-corrected chi connectivity index (χ2v) is 7.12. The van der Waals surface area contributed by atoms with E-state index in [1.54, 1.807) is 12.4 Å². The smallest absolute Gasteiger partial charge is 0.265 e. The van der Waals surface area contributed by atoms with E-state index in [0.29, 0.717) is 6.04 Å². The van der Waals surface area contributed by atoms with Gasteiger partial charge in [-0.3, -0.25) is 9.78 Å². The zero-order valence-electron chi connectivity index (χ0n) is 13.8. The fourth-order valence-electron chi connectivity index (χ4n) is 2.92. The molecule has 0 bridgehead atoms. The number of thiazole rings is 1. The van der Waals surface area contributed by atoms with Crippen molar-refractivity contribution in [3.8, 4) is 10.6 Å². The van der Waals surface area contributed by atoms with Crippen LogP contribution in [0.15, 0.2) is 24.5 Å². The highest BCUT2D eigenvalue weighted by molar-refractivity contribution is 7.17. The Bertz CT molecular complexity index is 677. The number of likely N-dealkylation sites (tertiary alicyclic amines) is 1. The molecular weight excluding hydrogens is 308 g/mol. The van der Waals surface area contributed by atoms with Crippen LogP contribution >= 0.6 is 11.3 Å². The van der Waals surface area contributed by atoms with Crippen molar-refractivity contribution in [2.24, 2.45) is 0 Å². The van der Waals surface area contributed by atoms with Crippen LogP contribution in [0.2, 0.25) is 0 Å². The van der Waals surface area contributed by atoms with Gasteiger partial charge in [0.25, 0.3) is 5.91 Å². The van der Waals surface area contributed by atoms with E-state index in [2.05, 4.69) is 21.9 Å². The molecule has 0 saturated carbocycles. The van der Waals surface area contributed by atoms with Crippen molar-refractivity contribution in [2.75, 3.05) is 27.2 Å². The van der Waals surface area contributed by atoms with E-state index in [1.807, 2.05) is 31.0 Å². The largest absolute Gasteiger partial charge is 0.338 e. The molecule has 0 N–H and O–H groups in total. The van der Waals surface area contributed by atoms with Crippen LogP contribution in [0.4, 0.5) is 0 Å². The molecule has 3 rings (SSSR count). The second kappa shape index (κ2) is 6.76. The molecular formula is C17H22N4OS. The van der Waals surface area contributed by atoms with Gasteiger partial charge < -0.3 is 9.80 Å². The highest BCUT2D eigenvalue weighted by atomic mass is 32.1. The molecule has 0 unspecified atom stereocenters. The fourth-order valence-corrected chi connectivity index (χ4v) is 3.96. The third kappa shape index (κ3) is 3.43. The monoisotopic (exact) mass is 330 g/mol. The number of carbonyl (C=O) groups excluding carboxylic acids is 1. The van der Waals surface area contributed by atoms with E-state index in [1.165, 1.54) is 11.3 Å². The average Bonchev–Trinajstić information content (AvgIpc) is 2.97. The molecule has 3 heterocycles. The molecule has 1 saturated heterocycles. The number of pyridine rings is 1. The lowest BCUT2D eigenvalue weighted by molar-refractivity contribution is 0.0663. The first kappa shape index (κ1) is 16.1. The third-order valence-corrected chi connectivity index (χ3v) is 5.65. The molecule has 6 heteroatoms. The molecule has 122 valence electrons. The predicted molar refractivity (Wildman–Crippen MR) is 92.7 cm³/mol. The second-order valence-electron chi connectivity index (χ2n) is 6.13. The van der Waals surface area contributed by atoms with Gasteiger partial charge in [-0.1, -0.05) is 0 Å². The maximum Gasteiger partial charge on any atom is 0.265 e. The molecule has 1 fully saturated rings. The summed E-state index contributed by atoms with van der Waals surface area (Å²) in [6, 6.07) is 4.18. The Morgan fingerprint density at radius 3 is 2.78 bits per heavy atom. The van der Waals surface area contributed by atoms with Gasteiger partial charge in [0.2, 0.25) is 0 Å². The maximum atomic E-state index is 12.9. The van der Waals surface area contributed by atoms with Crippen LogP contribution in [-0.2, 0) is 0 Å². The van der Waals surface area contributed by atoms with Crippen molar-refractivity contribution < 1.29 is 4.79 Å². The summed E-state index contributed by atoms with van der Waals surface area (Å²) in [6.45, 7) is 4.00. The molecule has 0 radical (unpaired) electrons. The predicted octanol–water partition coefficient (Wildman–Crippen LogP) is 2.68. The Labute approximate surface area is 141 Å². The lowest BCUT2D eigenvalue weighted by Gasteiger charge is -2.34. The zero-order chi connectivity index (χ0) is 16.4. The van der Waals surface area contributed by atoms with Crippen molar-refractivity contribution in [1.82, 2.24) is 19.8 Å². The Hall–Kier alpha value is -1.79. The summed E-state index contributed by atoms with van der Waals surface area (Å²) in [7, 11) is 4.05. The SMILES string of the molecule is Cc1nc(-c2cccnc2)sc1C(=O)N(C)C1CCN(C)CC1. The summed E-state index contributed by atoms with van der Waals surface area (Å²) in [4.78, 5) is 26.5. The van der Waals surface area contributed by atoms with E-state index in [4.69, 9.17) is 0 Å². The number of amides is 1. The topological polar surface area (TPSA) is 49.3 Å². The highest BCUT2D eigenvalue weighted by Gasteiger charge is 2.27. The molecule has 0 spiro atoms. The summed E-state index contributed by atoms with van der Waals surface area (Å²) in [5, 5.41) is 0.857. The van der Waals surface area contributed by atoms with E-state index < -0.39 is 0 Å². The minimum atomic E-state index is 0.0877. The number of rotatable bonds is 3. The number of hydrogen-bond donors (Lipinski definition) is 0. The van der Waals surface area contributed by atoms with E-state index >= 15 is 0 Å². The molecule has 0 aromatic carbocycles. The molecule has 23 heavy (non-hydrogen) atoms. The van der Waals surface area contributed by atoms with E-state index in [-0.39, 0.29) is 5.91 Å². The van der Waals surface area contributed by atoms with Gasteiger partial charge in [-0.25, -0.2) is 4.98 Å². The molecule has 1 aliphatic heterocycles. The summed E-state index contributed by atoms with van der Waals surface area (Å²) in [5.74, 6) is 0.0877. The summed E-state index contributed by atoms with van der Waals surface area (Å²) >= 11 is 1.46. The van der Waals surface area contributed by atoms with Gasteiger partial charge in [-0.05, 0) is 52.0 Å². The lowest BCUT2D eigenvalue weighted by Crippen LogP contribution is -2.44. The quantitative estimate of drug-likeness (QED) is 0.868. The molecule has 0 aliphatic carbocycles. The van der Waals surface area contributed by atoms with Crippen molar-refractivity contribution >= 4 is 17.2 Å². The lowest BCUT2D eigenvalue weighted by atomic mass is 10.0. The number of aryl methyl sites for hydroxylation is 1. The van der Waals surface area contributed by atoms with Crippen molar-refractivity contribution in [1.29, 1.82) is 0 Å². The van der Waals surface area contributed by atoms with Crippen molar-refractivity contribution in [2.45, 2.75) is 25.8 Å². The van der Waals surface area contributed by atoms with Crippen LogP contribution in [0.25, 0.3) is 10.6 Å². The van der Waals surface area contributed by atoms with Crippen LogP contribution in [0.1, 0.15) is 28.2 Å². The zero-order valence-corrected chi connectivity index (χ0v) is 14.6. The molecule has 1 aliphatic rings. The minimum Gasteiger partial charge on any atom is -0.338 e. The van der Waals surface area contributed by atoms with Gasteiger partial charge in [0.1, 0.15) is 9.88 Å². The van der Waals surface area contributed by atoms with Crippen LogP contribution in [-0.4, -0.2) is 58.9 Å². The van der Waals surface area contributed by atoms with Crippen LogP contribution in [0.3, 0.4) is 0 Å². The number of hydrogen-bond acceptors (Lipinski definition) is 5. The Morgan fingerprint density at radius 2 is 2.13 bits per heavy atom. The van der Waals surface area contributed by atoms with Crippen LogP contribution in [0, 0.1) is 6.92 Å². The highest BCUT2D eigenvalue weighted by Crippen LogP contribution is 2.29. The van der Waals surface area contributed by atoms with E-state index in [0.717, 1.165) is 47.1 Å².